The Morgan fingerprint density at radius 1 is 1.12 bits per heavy atom. The van der Waals surface area contributed by atoms with Crippen molar-refractivity contribution in [3.8, 4) is 0 Å². The lowest BCUT2D eigenvalue weighted by Crippen LogP contribution is -2.44. The van der Waals surface area contributed by atoms with E-state index in [1.165, 1.54) is 16.1 Å². The molecule has 1 amide bonds. The van der Waals surface area contributed by atoms with Crippen molar-refractivity contribution < 1.29 is 4.79 Å². The minimum Gasteiger partial charge on any atom is -0.369 e. The third-order valence-corrected chi connectivity index (χ3v) is 6.21. The second-order valence-electron chi connectivity index (χ2n) is 6.95. The molecule has 4 nitrogen and oxygen atoms in total. The number of nitrogens with zero attached hydrogens (tertiary/aromatic N) is 2. The molecule has 140 valence electrons. The van der Waals surface area contributed by atoms with E-state index >= 15 is 0 Å². The Morgan fingerprint density at radius 2 is 1.81 bits per heavy atom. The van der Waals surface area contributed by atoms with Crippen LogP contribution in [0.4, 0.5) is 11.4 Å². The van der Waals surface area contributed by atoms with Gasteiger partial charge in [0.1, 0.15) is 0 Å². The first-order chi connectivity index (χ1) is 12.6. The molecule has 0 aliphatic carbocycles. The molecule has 0 unspecified atom stereocenters. The summed E-state index contributed by atoms with van der Waals surface area (Å²) in [5.41, 5.74) is 3.40. The van der Waals surface area contributed by atoms with Gasteiger partial charge in [-0.2, -0.15) is 0 Å². The van der Waals surface area contributed by atoms with Crippen molar-refractivity contribution in [2.24, 2.45) is 0 Å². The maximum Gasteiger partial charge on any atom is 0.265 e. The maximum atomic E-state index is 12.6. The number of thiophene rings is 1. The molecular formula is C21H29N3OS. The van der Waals surface area contributed by atoms with Crippen LogP contribution in [0.3, 0.4) is 0 Å². The molecule has 0 atom stereocenters. The van der Waals surface area contributed by atoms with Gasteiger partial charge in [-0.05, 0) is 55.8 Å². The zero-order valence-electron chi connectivity index (χ0n) is 16.0. The average molecular weight is 372 g/mol. The molecule has 2 aromatic rings. The highest BCUT2D eigenvalue weighted by Gasteiger charge is 2.16. The normalized spacial score (nSPS) is 15.3. The summed E-state index contributed by atoms with van der Waals surface area (Å²) in [6, 6.07) is 10.3. The van der Waals surface area contributed by atoms with Crippen molar-refractivity contribution in [2.75, 3.05) is 43.4 Å². The molecule has 5 heteroatoms. The Morgan fingerprint density at radius 3 is 2.42 bits per heavy atom. The molecule has 1 saturated heterocycles. The van der Waals surface area contributed by atoms with Gasteiger partial charge >= 0.3 is 0 Å². The third-order valence-electron chi connectivity index (χ3n) is 4.97. The van der Waals surface area contributed by atoms with Crippen LogP contribution in [0, 0.1) is 0 Å². The first kappa shape index (κ1) is 18.9. The number of anilines is 2. The molecule has 0 radical (unpaired) electrons. The van der Waals surface area contributed by atoms with Gasteiger partial charge in [0, 0.05) is 42.4 Å². The lowest BCUT2D eigenvalue weighted by atomic mass is 10.1. The van der Waals surface area contributed by atoms with Crippen molar-refractivity contribution in [2.45, 2.75) is 33.1 Å². The number of carbonyl (C=O) groups excluding carboxylic acids is 1. The fraction of sp³-hybridized carbons (Fsp3) is 0.476. The quantitative estimate of drug-likeness (QED) is 0.824. The van der Waals surface area contributed by atoms with E-state index in [4.69, 9.17) is 0 Å². The smallest absolute Gasteiger partial charge is 0.265 e. The molecule has 1 N–H and O–H groups in total. The van der Waals surface area contributed by atoms with E-state index < -0.39 is 0 Å². The number of rotatable bonds is 6. The second-order valence-corrected chi connectivity index (χ2v) is 8.09. The summed E-state index contributed by atoms with van der Waals surface area (Å²) >= 11 is 1.64. The second kappa shape index (κ2) is 8.69. The van der Waals surface area contributed by atoms with Crippen LogP contribution in [0.25, 0.3) is 0 Å². The highest BCUT2D eigenvalue weighted by molar-refractivity contribution is 7.14. The lowest BCUT2D eigenvalue weighted by Gasteiger charge is -2.34. The minimum absolute atomic E-state index is 0.000555. The number of piperazine rings is 1. The summed E-state index contributed by atoms with van der Waals surface area (Å²) in [4.78, 5) is 19.5. The fourth-order valence-electron chi connectivity index (χ4n) is 3.33. The summed E-state index contributed by atoms with van der Waals surface area (Å²) in [7, 11) is 2.16. The zero-order valence-corrected chi connectivity index (χ0v) is 16.9. The van der Waals surface area contributed by atoms with Crippen LogP contribution < -0.4 is 10.2 Å². The van der Waals surface area contributed by atoms with E-state index in [9.17, 15) is 4.79 Å². The van der Waals surface area contributed by atoms with Crippen LogP contribution in [-0.4, -0.2) is 44.0 Å². The molecule has 1 aliphatic rings. The molecule has 0 spiro atoms. The number of nitrogens with one attached hydrogen (secondary N) is 1. The van der Waals surface area contributed by atoms with Gasteiger partial charge in [0.05, 0.1) is 4.88 Å². The number of hydrogen-bond donors (Lipinski definition) is 1. The van der Waals surface area contributed by atoms with E-state index in [0.717, 1.165) is 56.0 Å². The average Bonchev–Trinajstić information content (AvgIpc) is 3.07. The van der Waals surface area contributed by atoms with Gasteiger partial charge in [-0.3, -0.25) is 4.79 Å². The van der Waals surface area contributed by atoms with Crippen LogP contribution in [0.5, 0.6) is 0 Å². The fourth-order valence-corrected chi connectivity index (χ4v) is 4.58. The van der Waals surface area contributed by atoms with E-state index in [-0.39, 0.29) is 5.91 Å². The maximum absolute atomic E-state index is 12.6. The summed E-state index contributed by atoms with van der Waals surface area (Å²) in [5, 5.41) is 3.05. The van der Waals surface area contributed by atoms with Gasteiger partial charge in [0.15, 0.2) is 0 Å². The standard InChI is InChI=1S/C21H29N3OS/c1-4-6-19-16(5-2)15-20(26-19)21(25)22-17-7-9-18(10-8-17)24-13-11-23(3)12-14-24/h7-10,15H,4-6,11-14H2,1-3H3,(H,22,25). The van der Waals surface area contributed by atoms with E-state index in [1.807, 2.05) is 12.1 Å². The predicted molar refractivity (Wildman–Crippen MR) is 112 cm³/mol. The molecule has 1 fully saturated rings. The SMILES string of the molecule is CCCc1sc(C(=O)Nc2ccc(N3CCN(C)CC3)cc2)cc1CC. The first-order valence-electron chi connectivity index (χ1n) is 9.57. The topological polar surface area (TPSA) is 35.6 Å². The Balaban J connectivity index is 1.64. The minimum atomic E-state index is -0.000555. The monoisotopic (exact) mass is 371 g/mol. The molecule has 0 bridgehead atoms. The number of benzene rings is 1. The number of carbonyl (C=O) groups is 1. The summed E-state index contributed by atoms with van der Waals surface area (Å²) in [6.45, 7) is 8.63. The number of likely N-dealkylation sites (N-methyl/N-ethyl adjacent to an activating group) is 1. The van der Waals surface area contributed by atoms with Gasteiger partial charge in [0.2, 0.25) is 0 Å². The van der Waals surface area contributed by atoms with Gasteiger partial charge < -0.3 is 15.1 Å². The van der Waals surface area contributed by atoms with E-state index in [2.05, 4.69) is 54.2 Å². The highest BCUT2D eigenvalue weighted by Crippen LogP contribution is 2.26. The summed E-state index contributed by atoms with van der Waals surface area (Å²) in [5.74, 6) is -0.000555. The summed E-state index contributed by atoms with van der Waals surface area (Å²) < 4.78 is 0. The van der Waals surface area contributed by atoms with Gasteiger partial charge in [-0.15, -0.1) is 11.3 Å². The molecule has 2 heterocycles. The van der Waals surface area contributed by atoms with Crippen molar-refractivity contribution in [3.05, 3.63) is 45.6 Å². The molecule has 1 aromatic heterocycles. The number of amides is 1. The Kier molecular flexibility index (Phi) is 6.33. The van der Waals surface area contributed by atoms with Crippen LogP contribution in [0.1, 0.15) is 40.4 Å². The van der Waals surface area contributed by atoms with Crippen molar-refractivity contribution in [3.63, 3.8) is 0 Å². The number of hydrogen-bond acceptors (Lipinski definition) is 4. The molecule has 3 rings (SSSR count). The first-order valence-corrected chi connectivity index (χ1v) is 10.4. The Hall–Kier alpha value is -1.85. The largest absolute Gasteiger partial charge is 0.369 e. The number of aryl methyl sites for hydroxylation is 2. The van der Waals surface area contributed by atoms with Crippen LogP contribution >= 0.6 is 11.3 Å². The molecule has 1 aliphatic heterocycles. The van der Waals surface area contributed by atoms with Crippen LogP contribution in [-0.2, 0) is 12.8 Å². The van der Waals surface area contributed by atoms with Gasteiger partial charge in [-0.25, -0.2) is 0 Å². The lowest BCUT2D eigenvalue weighted by molar-refractivity contribution is 0.103. The molecule has 0 saturated carbocycles. The molecule has 26 heavy (non-hydrogen) atoms. The van der Waals surface area contributed by atoms with Crippen molar-refractivity contribution in [1.29, 1.82) is 0 Å². The highest BCUT2D eigenvalue weighted by atomic mass is 32.1. The Bertz CT molecular complexity index is 730. The van der Waals surface area contributed by atoms with E-state index in [0.29, 0.717) is 0 Å². The Labute approximate surface area is 160 Å². The predicted octanol–water partition coefficient (Wildman–Crippen LogP) is 4.27. The third kappa shape index (κ3) is 4.46. The summed E-state index contributed by atoms with van der Waals surface area (Å²) in [6.07, 6.45) is 3.15. The van der Waals surface area contributed by atoms with E-state index in [1.54, 1.807) is 11.3 Å². The molecular weight excluding hydrogens is 342 g/mol. The molecule has 1 aromatic carbocycles. The van der Waals surface area contributed by atoms with Gasteiger partial charge in [0.25, 0.3) is 5.91 Å². The van der Waals surface area contributed by atoms with Crippen molar-refractivity contribution >= 4 is 28.6 Å². The van der Waals surface area contributed by atoms with Crippen molar-refractivity contribution in [1.82, 2.24) is 4.90 Å². The van der Waals surface area contributed by atoms with Crippen LogP contribution in [0.2, 0.25) is 0 Å². The zero-order chi connectivity index (χ0) is 18.5. The van der Waals surface area contributed by atoms with Gasteiger partial charge in [-0.1, -0.05) is 20.3 Å². The van der Waals surface area contributed by atoms with Crippen LogP contribution in [0.15, 0.2) is 30.3 Å².